The summed E-state index contributed by atoms with van der Waals surface area (Å²) in [7, 11) is -6.04. The van der Waals surface area contributed by atoms with Crippen LogP contribution in [0.1, 0.15) is 26.2 Å². The lowest BCUT2D eigenvalue weighted by molar-refractivity contribution is -0.131. The van der Waals surface area contributed by atoms with Gasteiger partial charge >= 0.3 is 21.6 Å². The van der Waals surface area contributed by atoms with Crippen LogP contribution in [0.15, 0.2) is 54.6 Å². The minimum atomic E-state index is -6.04. The van der Waals surface area contributed by atoms with Gasteiger partial charge in [-0.1, -0.05) is 18.6 Å². The summed E-state index contributed by atoms with van der Waals surface area (Å²) in [5.41, 5.74) is -5.69. The second-order valence-electron chi connectivity index (χ2n) is 8.65. The van der Waals surface area contributed by atoms with Crippen molar-refractivity contribution in [1.29, 1.82) is 0 Å². The average Bonchev–Trinajstić information content (AvgIpc) is 2.86. The maximum absolute atomic E-state index is 13.0. The topological polar surface area (TPSA) is 91.4 Å². The van der Waals surface area contributed by atoms with Crippen molar-refractivity contribution < 1.29 is 44.8 Å². The SMILES string of the molecule is CC(=O)Oc1ccc2c(Oc3ccc(OCCN4CCCCC4)cc3)cccc2c1OS(=O)(=O)C(F)(F)F. The van der Waals surface area contributed by atoms with Gasteiger partial charge in [0.15, 0.2) is 11.5 Å². The number of alkyl halides is 3. The minimum absolute atomic E-state index is 0.0632. The van der Waals surface area contributed by atoms with E-state index in [1.165, 1.54) is 37.5 Å². The van der Waals surface area contributed by atoms with Crippen LogP contribution in [-0.2, 0) is 14.9 Å². The molecule has 3 aromatic carbocycles. The molecular formula is C26H26F3NO7S. The molecule has 0 aromatic heterocycles. The van der Waals surface area contributed by atoms with Crippen LogP contribution in [0.4, 0.5) is 13.2 Å². The number of halogens is 3. The van der Waals surface area contributed by atoms with Gasteiger partial charge in [-0.3, -0.25) is 9.69 Å². The third-order valence-electron chi connectivity index (χ3n) is 5.84. The molecule has 0 N–H and O–H groups in total. The number of carbonyl (C=O) groups is 1. The predicted molar refractivity (Wildman–Crippen MR) is 133 cm³/mol. The van der Waals surface area contributed by atoms with Crippen LogP contribution < -0.4 is 18.4 Å². The molecule has 1 saturated heterocycles. The summed E-state index contributed by atoms with van der Waals surface area (Å²) in [5.74, 6) is -0.852. The summed E-state index contributed by atoms with van der Waals surface area (Å²) in [5, 5.41) is 0.171. The van der Waals surface area contributed by atoms with Crippen molar-refractivity contribution in [3.63, 3.8) is 0 Å². The summed E-state index contributed by atoms with van der Waals surface area (Å²) in [6.45, 7) is 4.58. The van der Waals surface area contributed by atoms with Gasteiger partial charge in [-0.15, -0.1) is 0 Å². The van der Waals surface area contributed by atoms with Gasteiger partial charge in [-0.2, -0.15) is 21.6 Å². The number of piperidine rings is 1. The van der Waals surface area contributed by atoms with Gasteiger partial charge in [0.05, 0.1) is 0 Å². The lowest BCUT2D eigenvalue weighted by atomic mass is 10.1. The molecule has 1 aliphatic heterocycles. The number of benzene rings is 3. The Balaban J connectivity index is 1.55. The number of likely N-dealkylation sites (tertiary alicyclic amines) is 1. The average molecular weight is 554 g/mol. The van der Waals surface area contributed by atoms with Gasteiger partial charge in [0.2, 0.25) is 0 Å². The van der Waals surface area contributed by atoms with Crippen LogP contribution in [0.3, 0.4) is 0 Å². The van der Waals surface area contributed by atoms with E-state index in [-0.39, 0.29) is 16.5 Å². The molecule has 0 spiro atoms. The number of carbonyl (C=O) groups excluding carboxylic acids is 1. The van der Waals surface area contributed by atoms with Crippen molar-refractivity contribution in [1.82, 2.24) is 4.90 Å². The smallest absolute Gasteiger partial charge is 0.492 e. The number of ether oxygens (including phenoxy) is 3. The normalized spacial score (nSPS) is 14.7. The molecule has 1 fully saturated rings. The molecule has 1 aliphatic rings. The fraction of sp³-hybridized carbons (Fsp3) is 0.346. The van der Waals surface area contributed by atoms with Crippen molar-refractivity contribution in [2.45, 2.75) is 31.7 Å². The first-order chi connectivity index (χ1) is 18.0. The highest BCUT2D eigenvalue weighted by molar-refractivity contribution is 7.88. The van der Waals surface area contributed by atoms with Crippen molar-refractivity contribution in [3.05, 3.63) is 54.6 Å². The Hall–Kier alpha value is -3.51. The van der Waals surface area contributed by atoms with Crippen molar-refractivity contribution in [3.8, 4) is 28.7 Å². The van der Waals surface area contributed by atoms with Gasteiger partial charge in [-0.05, 0) is 68.4 Å². The number of fused-ring (bicyclic) bond motifs is 1. The Morgan fingerprint density at radius 1 is 0.895 bits per heavy atom. The zero-order valence-corrected chi connectivity index (χ0v) is 21.3. The van der Waals surface area contributed by atoms with E-state index in [9.17, 15) is 26.4 Å². The molecule has 12 heteroatoms. The Morgan fingerprint density at radius 3 is 2.24 bits per heavy atom. The molecule has 38 heavy (non-hydrogen) atoms. The monoisotopic (exact) mass is 553 g/mol. The first-order valence-electron chi connectivity index (χ1n) is 11.9. The first-order valence-corrected chi connectivity index (χ1v) is 13.3. The van der Waals surface area contributed by atoms with Crippen molar-refractivity contribution in [2.75, 3.05) is 26.2 Å². The highest BCUT2D eigenvalue weighted by Crippen LogP contribution is 2.42. The standard InChI is InChI=1S/C26H26F3NO7S/c1-18(31)35-24-13-12-21-22(25(24)37-38(32,33)26(27,28)29)6-5-7-23(21)36-20-10-8-19(9-11-20)34-17-16-30-14-3-2-4-15-30/h5-13H,2-4,14-17H2,1H3. The van der Waals surface area contributed by atoms with E-state index in [4.69, 9.17) is 14.2 Å². The van der Waals surface area contributed by atoms with E-state index in [2.05, 4.69) is 9.08 Å². The zero-order chi connectivity index (χ0) is 27.3. The zero-order valence-electron chi connectivity index (χ0n) is 20.5. The Kier molecular flexibility index (Phi) is 8.32. The Morgan fingerprint density at radius 2 is 1.58 bits per heavy atom. The summed E-state index contributed by atoms with van der Waals surface area (Å²) >= 11 is 0. The van der Waals surface area contributed by atoms with E-state index in [0.29, 0.717) is 18.1 Å². The van der Waals surface area contributed by atoms with Crippen LogP contribution in [0, 0.1) is 0 Å². The van der Waals surface area contributed by atoms with Crippen LogP contribution in [0.25, 0.3) is 10.8 Å². The molecule has 1 heterocycles. The molecule has 3 aromatic rings. The maximum atomic E-state index is 13.0. The molecule has 0 unspecified atom stereocenters. The summed E-state index contributed by atoms with van der Waals surface area (Å²) in [4.78, 5) is 13.8. The van der Waals surface area contributed by atoms with Crippen LogP contribution in [0.2, 0.25) is 0 Å². The van der Waals surface area contributed by atoms with E-state index in [1.807, 2.05) is 0 Å². The molecule has 204 valence electrons. The molecular weight excluding hydrogens is 527 g/mol. The summed E-state index contributed by atoms with van der Waals surface area (Å²) in [6.07, 6.45) is 3.68. The fourth-order valence-corrected chi connectivity index (χ4v) is 4.54. The highest BCUT2D eigenvalue weighted by Gasteiger charge is 2.49. The van der Waals surface area contributed by atoms with Gasteiger partial charge < -0.3 is 18.4 Å². The number of esters is 1. The molecule has 4 rings (SSSR count). The number of rotatable bonds is 9. The van der Waals surface area contributed by atoms with Crippen molar-refractivity contribution >= 4 is 26.9 Å². The molecule has 0 aliphatic carbocycles. The Labute approximate surface area is 218 Å². The number of hydrogen-bond acceptors (Lipinski definition) is 8. The maximum Gasteiger partial charge on any atom is 0.534 e. The van der Waals surface area contributed by atoms with Gasteiger partial charge in [-0.25, -0.2) is 0 Å². The molecule has 8 nitrogen and oxygen atoms in total. The first kappa shape index (κ1) is 27.5. The molecule has 0 bridgehead atoms. The fourth-order valence-electron chi connectivity index (χ4n) is 4.05. The quantitative estimate of drug-likeness (QED) is 0.145. The van der Waals surface area contributed by atoms with Crippen LogP contribution in [-0.4, -0.2) is 51.0 Å². The summed E-state index contributed by atoms with van der Waals surface area (Å²) < 4.78 is 83.6. The van der Waals surface area contributed by atoms with E-state index >= 15 is 0 Å². The third kappa shape index (κ3) is 6.67. The molecule has 0 saturated carbocycles. The molecule has 0 amide bonds. The lowest BCUT2D eigenvalue weighted by Crippen LogP contribution is -2.33. The van der Waals surface area contributed by atoms with Crippen molar-refractivity contribution in [2.24, 2.45) is 0 Å². The second kappa shape index (κ2) is 11.5. The van der Waals surface area contributed by atoms with Gasteiger partial charge in [0, 0.05) is 24.2 Å². The van der Waals surface area contributed by atoms with E-state index in [1.54, 1.807) is 30.3 Å². The largest absolute Gasteiger partial charge is 0.534 e. The lowest BCUT2D eigenvalue weighted by Gasteiger charge is -2.26. The third-order valence-corrected chi connectivity index (χ3v) is 6.80. The van der Waals surface area contributed by atoms with Crippen LogP contribution >= 0.6 is 0 Å². The minimum Gasteiger partial charge on any atom is -0.492 e. The van der Waals surface area contributed by atoms with Gasteiger partial charge in [0.25, 0.3) is 0 Å². The summed E-state index contributed by atoms with van der Waals surface area (Å²) in [6, 6.07) is 13.7. The Bertz CT molecular complexity index is 1390. The van der Waals surface area contributed by atoms with Crippen LogP contribution in [0.5, 0.6) is 28.7 Å². The molecule has 0 atom stereocenters. The number of nitrogens with zero attached hydrogens (tertiary/aromatic N) is 1. The van der Waals surface area contributed by atoms with Gasteiger partial charge in [0.1, 0.15) is 23.9 Å². The number of hydrogen-bond donors (Lipinski definition) is 0. The van der Waals surface area contributed by atoms with E-state index in [0.717, 1.165) is 32.6 Å². The highest BCUT2D eigenvalue weighted by atomic mass is 32.2. The molecule has 0 radical (unpaired) electrons. The van der Waals surface area contributed by atoms with E-state index < -0.39 is 33.1 Å². The predicted octanol–water partition coefficient (Wildman–Crippen LogP) is 5.65. The second-order valence-corrected chi connectivity index (χ2v) is 10.2.